The van der Waals surface area contributed by atoms with Gasteiger partial charge in [-0.15, -0.1) is 0 Å². The van der Waals surface area contributed by atoms with Crippen LogP contribution in [0.25, 0.3) is 0 Å². The molecular formula is C13H20BrN5. The molecule has 3 rings (SSSR count). The van der Waals surface area contributed by atoms with Crippen LogP contribution in [0.4, 0.5) is 11.8 Å². The van der Waals surface area contributed by atoms with Crippen LogP contribution >= 0.6 is 15.9 Å². The van der Waals surface area contributed by atoms with E-state index in [9.17, 15) is 0 Å². The summed E-state index contributed by atoms with van der Waals surface area (Å²) in [7, 11) is 2.26. The van der Waals surface area contributed by atoms with Crippen molar-refractivity contribution in [3.8, 4) is 0 Å². The van der Waals surface area contributed by atoms with Crippen molar-refractivity contribution in [1.82, 2.24) is 14.9 Å². The second kappa shape index (κ2) is 5.25. The molecule has 2 saturated heterocycles. The number of nitrogens with two attached hydrogens (primary N) is 1. The van der Waals surface area contributed by atoms with E-state index < -0.39 is 0 Å². The lowest BCUT2D eigenvalue weighted by atomic mass is 9.82. The molecule has 2 aliphatic rings. The van der Waals surface area contributed by atoms with E-state index in [1.165, 1.54) is 32.1 Å². The fourth-order valence-corrected chi connectivity index (χ4v) is 3.82. The van der Waals surface area contributed by atoms with Crippen LogP contribution < -0.4 is 11.1 Å². The number of nitrogens with one attached hydrogen (secondary N) is 1. The Balaban J connectivity index is 1.70. The maximum Gasteiger partial charge on any atom is 0.225 e. The van der Waals surface area contributed by atoms with E-state index in [1.54, 1.807) is 6.07 Å². The molecule has 0 radical (unpaired) electrons. The van der Waals surface area contributed by atoms with E-state index in [2.05, 4.69) is 43.2 Å². The monoisotopic (exact) mass is 325 g/mol. The molecule has 0 saturated carbocycles. The zero-order valence-corrected chi connectivity index (χ0v) is 12.7. The smallest absolute Gasteiger partial charge is 0.225 e. The van der Waals surface area contributed by atoms with Crippen LogP contribution in [0.15, 0.2) is 10.7 Å². The maximum absolute atomic E-state index is 5.75. The van der Waals surface area contributed by atoms with Crippen LogP contribution in [0, 0.1) is 0 Å². The highest BCUT2D eigenvalue weighted by Crippen LogP contribution is 2.33. The number of aromatic nitrogens is 2. The number of rotatable bonds is 2. The molecule has 3 heterocycles. The van der Waals surface area contributed by atoms with Crippen molar-refractivity contribution in [3.05, 3.63) is 10.7 Å². The average Bonchev–Trinajstić information content (AvgIpc) is 2.29. The summed E-state index contributed by atoms with van der Waals surface area (Å²) in [6.07, 6.45) is 6.33. The lowest BCUT2D eigenvalue weighted by Crippen LogP contribution is -2.52. The van der Waals surface area contributed by atoms with Gasteiger partial charge in [0.15, 0.2) is 0 Å². The van der Waals surface area contributed by atoms with Crippen LogP contribution in [0.5, 0.6) is 0 Å². The second-order valence-electron chi connectivity index (χ2n) is 5.66. The number of halogens is 1. The number of fused-ring (bicyclic) bond motifs is 2. The van der Waals surface area contributed by atoms with E-state index in [4.69, 9.17) is 5.73 Å². The first kappa shape index (κ1) is 13.1. The van der Waals surface area contributed by atoms with Gasteiger partial charge in [0.25, 0.3) is 0 Å². The Morgan fingerprint density at radius 3 is 2.63 bits per heavy atom. The molecular weight excluding hydrogens is 306 g/mol. The highest BCUT2D eigenvalue weighted by Gasteiger charge is 2.36. The Labute approximate surface area is 122 Å². The van der Waals surface area contributed by atoms with E-state index in [0.717, 1.165) is 4.60 Å². The third-order valence-electron chi connectivity index (χ3n) is 4.39. The minimum absolute atomic E-state index is 0.459. The van der Waals surface area contributed by atoms with E-state index in [0.29, 0.717) is 29.9 Å². The number of nitrogen functional groups attached to an aromatic ring is 1. The van der Waals surface area contributed by atoms with E-state index in [-0.39, 0.29) is 0 Å². The third-order valence-corrected chi connectivity index (χ3v) is 4.79. The summed E-state index contributed by atoms with van der Waals surface area (Å²) >= 11 is 3.36. The van der Waals surface area contributed by atoms with Crippen LogP contribution in [0.2, 0.25) is 0 Å². The number of nitrogens with zero attached hydrogens (tertiary/aromatic N) is 3. The van der Waals surface area contributed by atoms with Crippen molar-refractivity contribution >= 4 is 27.7 Å². The summed E-state index contributed by atoms with van der Waals surface area (Å²) in [5, 5.41) is 3.45. The van der Waals surface area contributed by atoms with Crippen LogP contribution in [-0.4, -0.2) is 40.0 Å². The Morgan fingerprint density at radius 2 is 2.00 bits per heavy atom. The van der Waals surface area contributed by atoms with Crippen molar-refractivity contribution in [1.29, 1.82) is 0 Å². The fourth-order valence-electron chi connectivity index (χ4n) is 3.42. The third kappa shape index (κ3) is 2.84. The highest BCUT2D eigenvalue weighted by molar-refractivity contribution is 9.10. The van der Waals surface area contributed by atoms with Gasteiger partial charge >= 0.3 is 0 Å². The molecule has 2 unspecified atom stereocenters. The Kier molecular flexibility index (Phi) is 3.62. The van der Waals surface area contributed by atoms with Gasteiger partial charge in [-0.2, -0.15) is 4.98 Å². The van der Waals surface area contributed by atoms with Crippen LogP contribution in [0.1, 0.15) is 32.1 Å². The van der Waals surface area contributed by atoms with Gasteiger partial charge in [0.05, 0.1) is 0 Å². The van der Waals surface area contributed by atoms with Crippen LogP contribution in [0.3, 0.4) is 0 Å². The predicted molar refractivity (Wildman–Crippen MR) is 80.0 cm³/mol. The molecule has 19 heavy (non-hydrogen) atoms. The van der Waals surface area contributed by atoms with Gasteiger partial charge in [0.2, 0.25) is 5.95 Å². The van der Waals surface area contributed by atoms with Gasteiger partial charge < -0.3 is 16.0 Å². The highest BCUT2D eigenvalue weighted by atomic mass is 79.9. The normalized spacial score (nSPS) is 31.2. The van der Waals surface area contributed by atoms with Gasteiger partial charge in [-0.3, -0.25) is 0 Å². The average molecular weight is 326 g/mol. The minimum Gasteiger partial charge on any atom is -0.383 e. The minimum atomic E-state index is 0.459. The molecule has 2 fully saturated rings. The van der Waals surface area contributed by atoms with Gasteiger partial charge in [-0.1, -0.05) is 6.42 Å². The largest absolute Gasteiger partial charge is 0.383 e. The number of hydrogen-bond acceptors (Lipinski definition) is 5. The summed E-state index contributed by atoms with van der Waals surface area (Å²) in [6.45, 7) is 0. The molecule has 3 N–H and O–H groups in total. The van der Waals surface area contributed by atoms with Crippen LogP contribution in [-0.2, 0) is 0 Å². The zero-order chi connectivity index (χ0) is 13.4. The number of anilines is 2. The number of hydrogen-bond donors (Lipinski definition) is 2. The van der Waals surface area contributed by atoms with Crippen molar-refractivity contribution < 1.29 is 0 Å². The van der Waals surface area contributed by atoms with Gasteiger partial charge in [0.1, 0.15) is 10.4 Å². The molecule has 5 nitrogen and oxygen atoms in total. The first-order valence-electron chi connectivity index (χ1n) is 6.90. The van der Waals surface area contributed by atoms with Crippen molar-refractivity contribution in [2.45, 2.75) is 50.2 Å². The first-order valence-corrected chi connectivity index (χ1v) is 7.69. The molecule has 2 atom stereocenters. The first-order chi connectivity index (χ1) is 9.11. The lowest BCUT2D eigenvalue weighted by molar-refractivity contribution is 0.0607. The molecule has 0 aromatic carbocycles. The molecule has 0 aliphatic carbocycles. The summed E-state index contributed by atoms with van der Waals surface area (Å²) < 4.78 is 0.732. The summed E-state index contributed by atoms with van der Waals surface area (Å²) in [6, 6.07) is 3.58. The Hall–Kier alpha value is -0.880. The maximum atomic E-state index is 5.75. The molecule has 1 aromatic rings. The Bertz CT molecular complexity index is 432. The van der Waals surface area contributed by atoms with Crippen molar-refractivity contribution in [2.24, 2.45) is 0 Å². The summed E-state index contributed by atoms with van der Waals surface area (Å²) in [5.74, 6) is 1.14. The molecule has 6 heteroatoms. The lowest BCUT2D eigenvalue weighted by Gasteiger charge is -2.47. The second-order valence-corrected chi connectivity index (χ2v) is 6.47. The van der Waals surface area contributed by atoms with E-state index in [1.807, 2.05) is 0 Å². The van der Waals surface area contributed by atoms with Gasteiger partial charge in [-0.05, 0) is 48.7 Å². The van der Waals surface area contributed by atoms with Gasteiger partial charge in [0, 0.05) is 24.2 Å². The molecule has 2 bridgehead atoms. The molecule has 1 aromatic heterocycles. The zero-order valence-electron chi connectivity index (χ0n) is 11.1. The Morgan fingerprint density at radius 1 is 1.32 bits per heavy atom. The SMILES string of the molecule is CN1C2CCCC1CC(Nc1nc(N)cc(Br)n1)C2. The fraction of sp³-hybridized carbons (Fsp3) is 0.692. The van der Waals surface area contributed by atoms with E-state index >= 15 is 0 Å². The predicted octanol–water partition coefficient (Wildman–Crippen LogP) is 2.25. The molecule has 104 valence electrons. The molecule has 0 spiro atoms. The summed E-state index contributed by atoms with van der Waals surface area (Å²) in [4.78, 5) is 11.1. The molecule has 2 aliphatic heterocycles. The van der Waals surface area contributed by atoms with Crippen molar-refractivity contribution in [3.63, 3.8) is 0 Å². The van der Waals surface area contributed by atoms with Crippen molar-refractivity contribution in [2.75, 3.05) is 18.1 Å². The topological polar surface area (TPSA) is 67.1 Å². The quantitative estimate of drug-likeness (QED) is 0.816. The standard InChI is InChI=1S/C13H20BrN5/c1-19-9-3-2-4-10(19)6-8(5-9)16-13-17-11(14)7-12(15)18-13/h7-10H,2-6H2,1H3,(H3,15,16,17,18). The molecule has 0 amide bonds. The summed E-state index contributed by atoms with van der Waals surface area (Å²) in [5.41, 5.74) is 5.75. The number of piperidine rings is 2. The van der Waals surface area contributed by atoms with Gasteiger partial charge in [-0.25, -0.2) is 4.98 Å².